The maximum Gasteiger partial charge on any atom is 0.410 e. The summed E-state index contributed by atoms with van der Waals surface area (Å²) in [5, 5.41) is 0. The first-order valence-corrected chi connectivity index (χ1v) is 7.07. The van der Waals surface area contributed by atoms with Crippen LogP contribution in [0.3, 0.4) is 0 Å². The molecule has 0 fully saturated rings. The van der Waals surface area contributed by atoms with Gasteiger partial charge in [-0.25, -0.2) is 4.79 Å². The first-order valence-electron chi connectivity index (χ1n) is 7.07. The van der Waals surface area contributed by atoms with Crippen LogP contribution in [0.4, 0.5) is 10.5 Å². The molecule has 1 aromatic carbocycles. The SMILES string of the molecule is CC(C)Oc1ccc(N)cc1CN(C)C(=O)OC(C)(C)C. The summed E-state index contributed by atoms with van der Waals surface area (Å²) in [7, 11) is 1.69. The predicted octanol–water partition coefficient (Wildman–Crippen LogP) is 3.42. The van der Waals surface area contributed by atoms with Gasteiger partial charge in [0.05, 0.1) is 12.6 Å². The van der Waals surface area contributed by atoms with Gasteiger partial charge >= 0.3 is 6.09 Å². The number of nitrogens with zero attached hydrogens (tertiary/aromatic N) is 1. The summed E-state index contributed by atoms with van der Waals surface area (Å²) in [5.74, 6) is 0.731. The lowest BCUT2D eigenvalue weighted by Crippen LogP contribution is -2.34. The lowest BCUT2D eigenvalue weighted by Gasteiger charge is -2.25. The maximum absolute atomic E-state index is 12.0. The molecule has 0 aromatic heterocycles. The second kappa shape index (κ2) is 6.70. The van der Waals surface area contributed by atoms with Crippen molar-refractivity contribution in [3.63, 3.8) is 0 Å². The van der Waals surface area contributed by atoms with Gasteiger partial charge in [0.15, 0.2) is 0 Å². The van der Waals surface area contributed by atoms with Gasteiger partial charge in [-0.15, -0.1) is 0 Å². The van der Waals surface area contributed by atoms with Crippen LogP contribution in [-0.2, 0) is 11.3 Å². The predicted molar refractivity (Wildman–Crippen MR) is 84.3 cm³/mol. The zero-order valence-corrected chi connectivity index (χ0v) is 13.8. The highest BCUT2D eigenvalue weighted by Crippen LogP contribution is 2.24. The van der Waals surface area contributed by atoms with Crippen LogP contribution in [0.15, 0.2) is 18.2 Å². The van der Waals surface area contributed by atoms with E-state index in [-0.39, 0.29) is 12.2 Å². The molecular formula is C16H26N2O3. The highest BCUT2D eigenvalue weighted by atomic mass is 16.6. The summed E-state index contributed by atoms with van der Waals surface area (Å²) in [5.41, 5.74) is 6.80. The Labute approximate surface area is 127 Å². The van der Waals surface area contributed by atoms with Crippen LogP contribution in [0.5, 0.6) is 5.75 Å². The molecule has 0 spiro atoms. The number of hydrogen-bond acceptors (Lipinski definition) is 4. The van der Waals surface area contributed by atoms with Crippen molar-refractivity contribution >= 4 is 11.8 Å². The monoisotopic (exact) mass is 294 g/mol. The minimum atomic E-state index is -0.516. The largest absolute Gasteiger partial charge is 0.491 e. The number of anilines is 1. The molecule has 0 saturated carbocycles. The van der Waals surface area contributed by atoms with Gasteiger partial charge in [0.25, 0.3) is 0 Å². The fourth-order valence-electron chi connectivity index (χ4n) is 1.75. The highest BCUT2D eigenvalue weighted by molar-refractivity contribution is 5.68. The molecule has 0 saturated heterocycles. The average molecular weight is 294 g/mol. The molecule has 5 heteroatoms. The Morgan fingerprint density at radius 3 is 2.48 bits per heavy atom. The lowest BCUT2D eigenvalue weighted by atomic mass is 10.1. The third kappa shape index (κ3) is 5.94. The number of carbonyl (C=O) groups excluding carboxylic acids is 1. The minimum absolute atomic E-state index is 0.0548. The van der Waals surface area contributed by atoms with E-state index in [9.17, 15) is 4.79 Å². The summed E-state index contributed by atoms with van der Waals surface area (Å²) in [6.07, 6.45) is -0.320. The first-order chi connectivity index (χ1) is 9.58. The summed E-state index contributed by atoms with van der Waals surface area (Å²) in [6, 6.07) is 5.43. The Morgan fingerprint density at radius 1 is 1.33 bits per heavy atom. The third-order valence-corrected chi connectivity index (χ3v) is 2.56. The van der Waals surface area contributed by atoms with Crippen molar-refractivity contribution in [1.82, 2.24) is 4.90 Å². The molecular weight excluding hydrogens is 268 g/mol. The molecule has 0 atom stereocenters. The van der Waals surface area contributed by atoms with Crippen molar-refractivity contribution in [3.05, 3.63) is 23.8 Å². The number of nitrogens with two attached hydrogens (primary N) is 1. The Hall–Kier alpha value is -1.91. The van der Waals surface area contributed by atoms with E-state index >= 15 is 0 Å². The molecule has 0 aliphatic carbocycles. The van der Waals surface area contributed by atoms with Gasteiger partial charge in [0.2, 0.25) is 0 Å². The molecule has 0 aliphatic heterocycles. The van der Waals surface area contributed by atoms with Crippen molar-refractivity contribution in [2.24, 2.45) is 0 Å². The first kappa shape index (κ1) is 17.1. The Bertz CT molecular complexity index is 493. The van der Waals surface area contributed by atoms with E-state index in [4.69, 9.17) is 15.2 Å². The van der Waals surface area contributed by atoms with Crippen LogP contribution in [0.1, 0.15) is 40.2 Å². The summed E-state index contributed by atoms with van der Waals surface area (Å²) >= 11 is 0. The van der Waals surface area contributed by atoms with Crippen LogP contribution in [0.25, 0.3) is 0 Å². The molecule has 1 amide bonds. The fourth-order valence-corrected chi connectivity index (χ4v) is 1.75. The average Bonchev–Trinajstić information content (AvgIpc) is 2.30. The number of ether oxygens (including phenoxy) is 2. The molecule has 21 heavy (non-hydrogen) atoms. The standard InChI is InChI=1S/C16H26N2O3/c1-11(2)20-14-8-7-13(17)9-12(14)10-18(6)15(19)21-16(3,4)5/h7-9,11H,10,17H2,1-6H3. The second-order valence-electron chi connectivity index (χ2n) is 6.37. The van der Waals surface area contributed by atoms with Gasteiger partial charge in [0.1, 0.15) is 11.4 Å². The highest BCUT2D eigenvalue weighted by Gasteiger charge is 2.20. The molecule has 0 bridgehead atoms. The van der Waals surface area contributed by atoms with Crippen LogP contribution in [0.2, 0.25) is 0 Å². The molecule has 2 N–H and O–H groups in total. The zero-order valence-electron chi connectivity index (χ0n) is 13.8. The number of benzene rings is 1. The molecule has 0 unspecified atom stereocenters. The summed E-state index contributed by atoms with van der Waals surface area (Å²) in [4.78, 5) is 13.5. The fraction of sp³-hybridized carbons (Fsp3) is 0.562. The van der Waals surface area contributed by atoms with Gasteiger partial charge in [-0.2, -0.15) is 0 Å². The molecule has 0 radical (unpaired) electrons. The molecule has 1 rings (SSSR count). The smallest absolute Gasteiger partial charge is 0.410 e. The minimum Gasteiger partial charge on any atom is -0.491 e. The molecule has 0 aliphatic rings. The van der Waals surface area contributed by atoms with Crippen LogP contribution in [-0.4, -0.2) is 29.7 Å². The van der Waals surface area contributed by atoms with E-state index in [1.54, 1.807) is 13.1 Å². The number of nitrogen functional groups attached to an aromatic ring is 1. The number of hydrogen-bond donors (Lipinski definition) is 1. The molecule has 1 aromatic rings. The van der Waals surface area contributed by atoms with Crippen LogP contribution < -0.4 is 10.5 Å². The van der Waals surface area contributed by atoms with E-state index in [0.29, 0.717) is 12.2 Å². The Balaban J connectivity index is 2.85. The quantitative estimate of drug-likeness (QED) is 0.864. The second-order valence-corrected chi connectivity index (χ2v) is 6.37. The van der Waals surface area contributed by atoms with E-state index < -0.39 is 5.60 Å². The number of carbonyl (C=O) groups is 1. The van der Waals surface area contributed by atoms with Gasteiger partial charge in [0, 0.05) is 18.3 Å². The third-order valence-electron chi connectivity index (χ3n) is 2.56. The van der Waals surface area contributed by atoms with E-state index in [1.807, 2.05) is 46.8 Å². The van der Waals surface area contributed by atoms with Crippen molar-refractivity contribution in [2.75, 3.05) is 12.8 Å². The Kier molecular flexibility index (Phi) is 5.47. The zero-order chi connectivity index (χ0) is 16.2. The van der Waals surface area contributed by atoms with Crippen LogP contribution >= 0.6 is 0 Å². The van der Waals surface area contributed by atoms with Gasteiger partial charge in [-0.1, -0.05) is 0 Å². The number of amides is 1. The summed E-state index contributed by atoms with van der Waals surface area (Å²) in [6.45, 7) is 9.81. The summed E-state index contributed by atoms with van der Waals surface area (Å²) < 4.78 is 11.1. The topological polar surface area (TPSA) is 64.8 Å². The van der Waals surface area contributed by atoms with Crippen molar-refractivity contribution in [3.8, 4) is 5.75 Å². The van der Waals surface area contributed by atoms with E-state index in [1.165, 1.54) is 4.90 Å². The van der Waals surface area contributed by atoms with Crippen LogP contribution in [0, 0.1) is 0 Å². The lowest BCUT2D eigenvalue weighted by molar-refractivity contribution is 0.0283. The van der Waals surface area contributed by atoms with Crippen molar-refractivity contribution in [1.29, 1.82) is 0 Å². The van der Waals surface area contributed by atoms with Gasteiger partial charge in [-0.05, 0) is 52.8 Å². The van der Waals surface area contributed by atoms with Gasteiger partial charge < -0.3 is 20.1 Å². The van der Waals surface area contributed by atoms with E-state index in [2.05, 4.69) is 0 Å². The molecule has 118 valence electrons. The van der Waals surface area contributed by atoms with Crippen molar-refractivity contribution < 1.29 is 14.3 Å². The van der Waals surface area contributed by atoms with Crippen molar-refractivity contribution in [2.45, 2.75) is 52.9 Å². The normalized spacial score (nSPS) is 11.4. The number of rotatable bonds is 4. The van der Waals surface area contributed by atoms with E-state index in [0.717, 1.165) is 11.3 Å². The molecule has 5 nitrogen and oxygen atoms in total. The maximum atomic E-state index is 12.0. The van der Waals surface area contributed by atoms with Gasteiger partial charge in [-0.3, -0.25) is 0 Å². The molecule has 0 heterocycles. The Morgan fingerprint density at radius 2 is 1.95 bits per heavy atom.